The van der Waals surface area contributed by atoms with E-state index in [-0.39, 0.29) is 52.8 Å². The summed E-state index contributed by atoms with van der Waals surface area (Å²) in [5.41, 5.74) is 0. The van der Waals surface area contributed by atoms with Crippen molar-refractivity contribution in [3.05, 3.63) is 0 Å². The number of thiocarbonyl (C=S) groups is 1. The molecule has 4 heteroatoms. The molecule has 0 aromatic carbocycles. The Morgan fingerprint density at radius 1 is 1.70 bits per heavy atom. The molecule has 0 unspecified atom stereocenters. The summed E-state index contributed by atoms with van der Waals surface area (Å²) in [6, 6.07) is 0. The Hall–Kier alpha value is 1.88. The molecule has 0 saturated heterocycles. The van der Waals surface area contributed by atoms with Crippen molar-refractivity contribution >= 4 is 29.2 Å². The first-order valence-electron chi connectivity index (χ1n) is 2.98. The van der Waals surface area contributed by atoms with Crippen molar-refractivity contribution in [2.45, 2.75) is 20.3 Å². The van der Waals surface area contributed by atoms with Gasteiger partial charge in [0.2, 0.25) is 4.38 Å². The van der Waals surface area contributed by atoms with Gasteiger partial charge in [-0.25, -0.2) is 0 Å². The molecule has 0 atom stereocenters. The topological polar surface area (TPSA) is 9.23 Å². The molecular formula is C6H13KOS2. The molecule has 0 aliphatic rings. The predicted octanol–water partition coefficient (Wildman–Crippen LogP) is -0.620. The van der Waals surface area contributed by atoms with Crippen LogP contribution in [0.5, 0.6) is 0 Å². The molecule has 1 nitrogen and oxygen atoms in total. The van der Waals surface area contributed by atoms with E-state index >= 15 is 0 Å². The van der Waals surface area contributed by atoms with Crippen LogP contribution in [0.2, 0.25) is 0 Å². The Bertz CT molecular complexity index is 101. The SMILES string of the molecule is CC(C)CCOC(=S)S.[H-].[K+]. The Balaban J connectivity index is -0.000000320. The predicted molar refractivity (Wildman–Crippen MR) is 48.1 cm³/mol. The number of hydrogen-bond donors (Lipinski definition) is 1. The molecular weight excluding hydrogens is 191 g/mol. The van der Waals surface area contributed by atoms with Gasteiger partial charge in [-0.1, -0.05) is 26.5 Å². The average molecular weight is 204 g/mol. The van der Waals surface area contributed by atoms with Crippen molar-refractivity contribution in [2.24, 2.45) is 5.92 Å². The molecule has 0 aliphatic heterocycles. The van der Waals surface area contributed by atoms with Gasteiger partial charge in [0, 0.05) is 0 Å². The molecule has 0 rings (SSSR count). The van der Waals surface area contributed by atoms with E-state index in [0.29, 0.717) is 16.9 Å². The van der Waals surface area contributed by atoms with Crippen LogP contribution >= 0.6 is 24.8 Å². The van der Waals surface area contributed by atoms with Gasteiger partial charge in [0.15, 0.2) is 0 Å². The van der Waals surface area contributed by atoms with Crippen molar-refractivity contribution in [3.63, 3.8) is 0 Å². The van der Waals surface area contributed by atoms with Crippen molar-refractivity contribution < 1.29 is 57.5 Å². The molecule has 0 bridgehead atoms. The summed E-state index contributed by atoms with van der Waals surface area (Å²) in [4.78, 5) is 0. The number of ether oxygens (including phenoxy) is 1. The quantitative estimate of drug-likeness (QED) is 0.373. The minimum atomic E-state index is 0. The molecule has 0 radical (unpaired) electrons. The number of hydrogen-bond acceptors (Lipinski definition) is 2. The Labute approximate surface area is 118 Å². The Morgan fingerprint density at radius 2 is 2.20 bits per heavy atom. The summed E-state index contributed by atoms with van der Waals surface area (Å²) < 4.78 is 5.29. The van der Waals surface area contributed by atoms with Gasteiger partial charge < -0.3 is 6.16 Å². The van der Waals surface area contributed by atoms with Gasteiger partial charge in [-0.05, 0) is 24.6 Å². The van der Waals surface area contributed by atoms with E-state index in [9.17, 15) is 0 Å². The maximum Gasteiger partial charge on any atom is 1.00 e. The molecule has 0 amide bonds. The van der Waals surface area contributed by atoms with Gasteiger partial charge in [0.1, 0.15) is 0 Å². The van der Waals surface area contributed by atoms with Crippen LogP contribution in [0.15, 0.2) is 0 Å². The number of rotatable bonds is 3. The molecule has 0 aliphatic carbocycles. The van der Waals surface area contributed by atoms with Crippen molar-refractivity contribution in [1.29, 1.82) is 0 Å². The van der Waals surface area contributed by atoms with Gasteiger partial charge in [-0.3, -0.25) is 0 Å². The molecule has 10 heavy (non-hydrogen) atoms. The van der Waals surface area contributed by atoms with Crippen LogP contribution in [0.1, 0.15) is 21.7 Å². The van der Waals surface area contributed by atoms with Crippen LogP contribution in [0.4, 0.5) is 0 Å². The smallest absolute Gasteiger partial charge is 1.00 e. The van der Waals surface area contributed by atoms with Crippen LogP contribution in [0.25, 0.3) is 0 Å². The van der Waals surface area contributed by atoms with E-state index in [1.165, 1.54) is 0 Å². The first-order chi connectivity index (χ1) is 4.13. The van der Waals surface area contributed by atoms with Crippen molar-refractivity contribution in [2.75, 3.05) is 6.61 Å². The van der Waals surface area contributed by atoms with E-state index < -0.39 is 0 Å². The van der Waals surface area contributed by atoms with Crippen LogP contribution in [-0.4, -0.2) is 11.0 Å². The molecule has 0 aromatic rings. The van der Waals surface area contributed by atoms with Crippen LogP contribution in [0.3, 0.4) is 0 Å². The summed E-state index contributed by atoms with van der Waals surface area (Å²) in [5, 5.41) is 0. The van der Waals surface area contributed by atoms with E-state index in [0.717, 1.165) is 6.42 Å². The summed E-state index contributed by atoms with van der Waals surface area (Å²) in [6.45, 7) is 4.98. The minimum Gasteiger partial charge on any atom is -1.00 e. The van der Waals surface area contributed by atoms with Crippen LogP contribution in [-0.2, 0) is 4.74 Å². The maximum atomic E-state index is 4.95. The van der Waals surface area contributed by atoms with Gasteiger partial charge in [0.25, 0.3) is 0 Å². The van der Waals surface area contributed by atoms with Crippen LogP contribution < -0.4 is 51.4 Å². The Kier molecular flexibility index (Phi) is 12.9. The zero-order valence-corrected chi connectivity index (χ0v) is 11.6. The van der Waals surface area contributed by atoms with E-state index in [1.807, 2.05) is 0 Å². The van der Waals surface area contributed by atoms with Gasteiger partial charge in [-0.15, -0.1) is 0 Å². The third kappa shape index (κ3) is 12.5. The molecule has 0 heterocycles. The summed E-state index contributed by atoms with van der Waals surface area (Å²) in [6.07, 6.45) is 1.04. The van der Waals surface area contributed by atoms with E-state index in [1.54, 1.807) is 0 Å². The second kappa shape index (κ2) is 8.97. The third-order valence-electron chi connectivity index (χ3n) is 0.921. The first kappa shape index (κ1) is 14.4. The zero-order chi connectivity index (χ0) is 7.28. The van der Waals surface area contributed by atoms with Crippen LogP contribution in [0, 0.1) is 5.92 Å². The minimum absolute atomic E-state index is 0. The van der Waals surface area contributed by atoms with E-state index in [2.05, 4.69) is 38.7 Å². The fourth-order valence-electron chi connectivity index (χ4n) is 0.382. The normalized spacial score (nSPS) is 8.80. The summed E-state index contributed by atoms with van der Waals surface area (Å²) >= 11 is 8.40. The van der Waals surface area contributed by atoms with Crippen molar-refractivity contribution in [3.8, 4) is 0 Å². The number of thiol groups is 1. The third-order valence-corrected chi connectivity index (χ3v) is 1.17. The molecule has 56 valence electrons. The first-order valence-corrected chi connectivity index (χ1v) is 3.84. The standard InChI is InChI=1S/C6H12OS2.K.H/c1-5(2)3-4-7-6(8)9;;/h5H,3-4H2,1-2H3,(H,8,9);;/q;+1;-1. The molecule has 0 N–H and O–H groups in total. The second-order valence-electron chi connectivity index (χ2n) is 2.30. The summed E-state index contributed by atoms with van der Waals surface area (Å²) in [5.74, 6) is 0.674. The van der Waals surface area contributed by atoms with Gasteiger partial charge in [-0.2, -0.15) is 0 Å². The molecule has 0 saturated carbocycles. The molecule has 0 fully saturated rings. The zero-order valence-electron chi connectivity index (χ0n) is 7.76. The average Bonchev–Trinajstić information content (AvgIpc) is 1.63. The maximum absolute atomic E-state index is 4.95. The second-order valence-corrected chi connectivity index (χ2v) is 3.38. The van der Waals surface area contributed by atoms with Crippen molar-refractivity contribution in [1.82, 2.24) is 0 Å². The van der Waals surface area contributed by atoms with E-state index in [4.69, 9.17) is 4.74 Å². The molecule has 0 aromatic heterocycles. The Morgan fingerprint density at radius 3 is 2.50 bits per heavy atom. The van der Waals surface area contributed by atoms with Gasteiger partial charge in [0.05, 0.1) is 6.61 Å². The fraction of sp³-hybridized carbons (Fsp3) is 0.833. The molecule has 0 spiro atoms. The fourth-order valence-corrected chi connectivity index (χ4v) is 0.557. The van der Waals surface area contributed by atoms with Gasteiger partial charge >= 0.3 is 51.4 Å². The largest absolute Gasteiger partial charge is 1.00 e. The monoisotopic (exact) mass is 204 g/mol. The summed E-state index contributed by atoms with van der Waals surface area (Å²) in [7, 11) is 0.